The van der Waals surface area contributed by atoms with Crippen molar-refractivity contribution in [2.24, 2.45) is 0 Å². The Morgan fingerprint density at radius 2 is 1.71 bits per heavy atom. The zero-order valence-corrected chi connectivity index (χ0v) is 13.7. The van der Waals surface area contributed by atoms with E-state index in [9.17, 15) is 9.59 Å². The predicted octanol–water partition coefficient (Wildman–Crippen LogP) is 2.98. The number of carbonyl (C=O) groups is 2. The Balaban J connectivity index is 3.41. The van der Waals surface area contributed by atoms with Crippen LogP contribution in [0.5, 0.6) is 5.88 Å². The molecule has 0 saturated carbocycles. The van der Waals surface area contributed by atoms with Crippen molar-refractivity contribution in [1.29, 1.82) is 0 Å². The smallest absolute Gasteiger partial charge is 0.309 e. The number of halogens is 1. The van der Waals surface area contributed by atoms with Crippen molar-refractivity contribution in [3.63, 3.8) is 0 Å². The lowest BCUT2D eigenvalue weighted by Crippen LogP contribution is -2.27. The molecule has 0 spiro atoms. The fourth-order valence-electron chi connectivity index (χ4n) is 1.79. The van der Waals surface area contributed by atoms with Gasteiger partial charge in [0.15, 0.2) is 10.8 Å². The molecule has 1 aromatic heterocycles. The molecule has 0 aliphatic heterocycles. The van der Waals surface area contributed by atoms with Gasteiger partial charge in [0.1, 0.15) is 11.4 Å². The van der Waals surface area contributed by atoms with Crippen LogP contribution in [-0.4, -0.2) is 21.9 Å². The van der Waals surface area contributed by atoms with Crippen molar-refractivity contribution < 1.29 is 19.1 Å². The SMILES string of the molecule is CC(=O)Oc1nc(C(C)(C)OC(C)=O)c(Cl)nc1C(C)C. The molecule has 7 heteroatoms. The number of esters is 2. The molecule has 0 aromatic carbocycles. The number of hydrogen-bond donors (Lipinski definition) is 0. The van der Waals surface area contributed by atoms with Gasteiger partial charge in [-0.1, -0.05) is 25.4 Å². The van der Waals surface area contributed by atoms with Gasteiger partial charge in [0.2, 0.25) is 5.88 Å². The maximum atomic E-state index is 11.2. The number of ether oxygens (including phenoxy) is 2. The first-order valence-corrected chi connectivity index (χ1v) is 6.88. The minimum absolute atomic E-state index is 0.0322. The molecule has 0 amide bonds. The molecule has 0 unspecified atom stereocenters. The van der Waals surface area contributed by atoms with Crippen molar-refractivity contribution >= 4 is 23.5 Å². The van der Waals surface area contributed by atoms with Crippen LogP contribution in [0.25, 0.3) is 0 Å². The van der Waals surface area contributed by atoms with Crippen LogP contribution in [0.1, 0.15) is 58.8 Å². The zero-order valence-electron chi connectivity index (χ0n) is 13.0. The highest BCUT2D eigenvalue weighted by atomic mass is 35.5. The summed E-state index contributed by atoms with van der Waals surface area (Å²) >= 11 is 6.14. The first-order chi connectivity index (χ1) is 9.54. The predicted molar refractivity (Wildman–Crippen MR) is 77.2 cm³/mol. The quantitative estimate of drug-likeness (QED) is 0.795. The van der Waals surface area contributed by atoms with Gasteiger partial charge in [0.25, 0.3) is 0 Å². The number of nitrogens with zero attached hydrogens (tertiary/aromatic N) is 2. The van der Waals surface area contributed by atoms with E-state index in [1.165, 1.54) is 13.8 Å². The maximum Gasteiger partial charge on any atom is 0.309 e. The van der Waals surface area contributed by atoms with E-state index in [0.717, 1.165) is 0 Å². The van der Waals surface area contributed by atoms with Gasteiger partial charge in [0, 0.05) is 19.8 Å². The number of aromatic nitrogens is 2. The van der Waals surface area contributed by atoms with E-state index >= 15 is 0 Å². The first kappa shape index (κ1) is 17.4. The normalized spacial score (nSPS) is 11.4. The molecule has 0 radical (unpaired) electrons. The van der Waals surface area contributed by atoms with E-state index in [0.29, 0.717) is 5.69 Å². The second kappa shape index (κ2) is 6.39. The third kappa shape index (κ3) is 4.39. The van der Waals surface area contributed by atoms with Crippen LogP contribution in [-0.2, 0) is 19.9 Å². The Bertz CT molecular complexity index is 570. The van der Waals surface area contributed by atoms with Crippen LogP contribution in [0.4, 0.5) is 0 Å². The molecule has 21 heavy (non-hydrogen) atoms. The Morgan fingerprint density at radius 3 is 2.14 bits per heavy atom. The summed E-state index contributed by atoms with van der Waals surface area (Å²) < 4.78 is 10.3. The lowest BCUT2D eigenvalue weighted by atomic mass is 10.0. The van der Waals surface area contributed by atoms with Gasteiger partial charge in [0.05, 0.1) is 0 Å². The summed E-state index contributed by atoms with van der Waals surface area (Å²) in [5, 5.41) is 0.112. The highest BCUT2D eigenvalue weighted by Crippen LogP contribution is 2.33. The van der Waals surface area contributed by atoms with Crippen molar-refractivity contribution in [3.05, 3.63) is 16.5 Å². The average molecular weight is 315 g/mol. The summed E-state index contributed by atoms with van der Waals surface area (Å²) in [6.45, 7) is 9.60. The van der Waals surface area contributed by atoms with Gasteiger partial charge in [-0.25, -0.2) is 9.97 Å². The Morgan fingerprint density at radius 1 is 1.14 bits per heavy atom. The Hall–Kier alpha value is -1.69. The van der Waals surface area contributed by atoms with E-state index < -0.39 is 17.5 Å². The summed E-state index contributed by atoms with van der Waals surface area (Å²) in [7, 11) is 0. The van der Waals surface area contributed by atoms with Gasteiger partial charge in [-0.2, -0.15) is 0 Å². The minimum Gasteiger partial charge on any atom is -0.453 e. The molecule has 6 nitrogen and oxygen atoms in total. The van der Waals surface area contributed by atoms with E-state index in [1.54, 1.807) is 13.8 Å². The second-order valence-electron chi connectivity index (χ2n) is 5.41. The molecule has 116 valence electrons. The largest absolute Gasteiger partial charge is 0.453 e. The molecule has 1 rings (SSSR count). The van der Waals surface area contributed by atoms with Gasteiger partial charge >= 0.3 is 11.9 Å². The van der Waals surface area contributed by atoms with Crippen LogP contribution >= 0.6 is 11.6 Å². The number of carbonyl (C=O) groups excluding carboxylic acids is 2. The molecule has 1 aromatic rings. The summed E-state index contributed by atoms with van der Waals surface area (Å²) in [6.07, 6.45) is 0. The summed E-state index contributed by atoms with van der Waals surface area (Å²) in [5.41, 5.74) is -0.377. The fraction of sp³-hybridized carbons (Fsp3) is 0.571. The number of hydrogen-bond acceptors (Lipinski definition) is 6. The minimum atomic E-state index is -1.08. The molecule has 0 atom stereocenters. The molecule has 1 heterocycles. The van der Waals surface area contributed by atoms with Gasteiger partial charge in [-0.05, 0) is 13.8 Å². The van der Waals surface area contributed by atoms with Crippen LogP contribution in [0, 0.1) is 0 Å². The van der Waals surface area contributed by atoms with Crippen LogP contribution in [0.3, 0.4) is 0 Å². The van der Waals surface area contributed by atoms with Gasteiger partial charge in [-0.15, -0.1) is 0 Å². The molecular weight excluding hydrogens is 296 g/mol. The van der Waals surface area contributed by atoms with E-state index in [-0.39, 0.29) is 22.6 Å². The molecule has 0 fully saturated rings. The summed E-state index contributed by atoms with van der Waals surface area (Å²) in [5.74, 6) is -0.933. The molecule has 0 bridgehead atoms. The number of rotatable bonds is 4. The van der Waals surface area contributed by atoms with E-state index in [2.05, 4.69) is 9.97 Å². The van der Waals surface area contributed by atoms with Crippen LogP contribution < -0.4 is 4.74 Å². The van der Waals surface area contributed by atoms with Gasteiger partial charge in [-0.3, -0.25) is 9.59 Å². The molecule has 0 N–H and O–H groups in total. The van der Waals surface area contributed by atoms with Crippen molar-refractivity contribution in [2.45, 2.75) is 53.1 Å². The zero-order chi connectivity index (χ0) is 16.4. The van der Waals surface area contributed by atoms with E-state index in [4.69, 9.17) is 21.1 Å². The molecular formula is C14H19ClN2O4. The third-order valence-electron chi connectivity index (χ3n) is 2.60. The van der Waals surface area contributed by atoms with Crippen LogP contribution in [0.2, 0.25) is 5.15 Å². The molecule has 0 aliphatic rings. The van der Waals surface area contributed by atoms with Crippen LogP contribution in [0.15, 0.2) is 0 Å². The third-order valence-corrected chi connectivity index (χ3v) is 2.87. The Kier molecular flexibility index (Phi) is 5.28. The lowest BCUT2D eigenvalue weighted by Gasteiger charge is -2.25. The lowest BCUT2D eigenvalue weighted by molar-refractivity contribution is -0.155. The summed E-state index contributed by atoms with van der Waals surface area (Å²) in [4.78, 5) is 30.9. The molecule has 0 saturated heterocycles. The maximum absolute atomic E-state index is 11.2. The fourth-order valence-corrected chi connectivity index (χ4v) is 2.15. The average Bonchev–Trinajstić information content (AvgIpc) is 2.28. The summed E-state index contributed by atoms with van der Waals surface area (Å²) in [6, 6.07) is 0. The second-order valence-corrected chi connectivity index (χ2v) is 5.76. The molecule has 0 aliphatic carbocycles. The van der Waals surface area contributed by atoms with Crippen molar-refractivity contribution in [3.8, 4) is 5.88 Å². The highest BCUT2D eigenvalue weighted by molar-refractivity contribution is 6.30. The standard InChI is InChI=1S/C14H19ClN2O4/c1-7(2)10-13(20-8(3)18)17-11(12(15)16-10)14(5,6)21-9(4)19/h7H,1-6H3. The monoisotopic (exact) mass is 314 g/mol. The highest BCUT2D eigenvalue weighted by Gasteiger charge is 2.31. The van der Waals surface area contributed by atoms with Crippen molar-refractivity contribution in [1.82, 2.24) is 9.97 Å². The first-order valence-electron chi connectivity index (χ1n) is 6.50. The Labute approximate surface area is 128 Å². The topological polar surface area (TPSA) is 78.4 Å². The van der Waals surface area contributed by atoms with Crippen molar-refractivity contribution in [2.75, 3.05) is 0 Å². The van der Waals surface area contributed by atoms with Gasteiger partial charge < -0.3 is 9.47 Å². The van der Waals surface area contributed by atoms with E-state index in [1.807, 2.05) is 13.8 Å².